The summed E-state index contributed by atoms with van der Waals surface area (Å²) >= 11 is 0. The fourth-order valence-electron chi connectivity index (χ4n) is 2.73. The second kappa shape index (κ2) is 8.88. The maximum absolute atomic E-state index is 5.45. The van der Waals surface area contributed by atoms with Gasteiger partial charge in [-0.1, -0.05) is 20.8 Å². The molecule has 5 heteroatoms. The molecule has 0 saturated carbocycles. The quantitative estimate of drug-likeness (QED) is 0.581. The van der Waals surface area contributed by atoms with Gasteiger partial charge >= 0.3 is 0 Å². The lowest BCUT2D eigenvalue weighted by atomic mass is 9.89. The maximum atomic E-state index is 5.45. The molecule has 0 aromatic heterocycles. The van der Waals surface area contributed by atoms with E-state index in [1.807, 2.05) is 7.05 Å². The number of hydrogen-bond acceptors (Lipinski definition) is 3. The van der Waals surface area contributed by atoms with Crippen molar-refractivity contribution in [1.82, 2.24) is 15.5 Å². The molecule has 5 nitrogen and oxygen atoms in total. The largest absolute Gasteiger partial charge is 0.379 e. The summed E-state index contributed by atoms with van der Waals surface area (Å²) in [5.74, 6) is 0.896. The van der Waals surface area contributed by atoms with Crippen LogP contribution in [0.3, 0.4) is 0 Å². The Morgan fingerprint density at radius 3 is 2.30 bits per heavy atom. The van der Waals surface area contributed by atoms with Gasteiger partial charge in [0.2, 0.25) is 0 Å². The molecular weight excluding hydrogens is 288 g/mol. The summed E-state index contributed by atoms with van der Waals surface area (Å²) in [4.78, 5) is 6.86. The first-order chi connectivity index (χ1) is 10.6. The van der Waals surface area contributed by atoms with Gasteiger partial charge in [0.05, 0.1) is 13.2 Å². The van der Waals surface area contributed by atoms with Gasteiger partial charge in [0.15, 0.2) is 5.96 Å². The molecule has 1 aliphatic heterocycles. The van der Waals surface area contributed by atoms with E-state index in [4.69, 9.17) is 4.74 Å². The summed E-state index contributed by atoms with van der Waals surface area (Å²) in [7, 11) is 1.84. The highest BCUT2D eigenvalue weighted by molar-refractivity contribution is 5.80. The van der Waals surface area contributed by atoms with Gasteiger partial charge in [0.1, 0.15) is 0 Å². The highest BCUT2D eigenvalue weighted by Crippen LogP contribution is 2.21. The molecule has 1 unspecified atom stereocenters. The van der Waals surface area contributed by atoms with Crippen molar-refractivity contribution < 1.29 is 4.74 Å². The van der Waals surface area contributed by atoms with Crippen LogP contribution in [0, 0.1) is 5.41 Å². The zero-order valence-corrected chi connectivity index (χ0v) is 16.3. The Morgan fingerprint density at radius 2 is 1.78 bits per heavy atom. The molecule has 0 spiro atoms. The Morgan fingerprint density at radius 1 is 1.17 bits per heavy atom. The first-order valence-corrected chi connectivity index (χ1v) is 8.94. The minimum absolute atomic E-state index is 0.0933. The Balaban J connectivity index is 2.40. The summed E-state index contributed by atoms with van der Waals surface area (Å²) in [5, 5.41) is 7.00. The summed E-state index contributed by atoms with van der Waals surface area (Å²) in [6.45, 7) is 18.2. The molecule has 0 aromatic carbocycles. The topological polar surface area (TPSA) is 48.9 Å². The van der Waals surface area contributed by atoms with Gasteiger partial charge in [0, 0.05) is 38.3 Å². The molecule has 0 aromatic rings. The molecule has 136 valence electrons. The smallest absolute Gasteiger partial charge is 0.191 e. The van der Waals surface area contributed by atoms with E-state index in [-0.39, 0.29) is 5.54 Å². The van der Waals surface area contributed by atoms with Crippen LogP contribution >= 0.6 is 0 Å². The van der Waals surface area contributed by atoms with Crippen molar-refractivity contribution in [1.29, 1.82) is 0 Å². The monoisotopic (exact) mass is 326 g/mol. The van der Waals surface area contributed by atoms with E-state index in [0.29, 0.717) is 11.5 Å². The lowest BCUT2D eigenvalue weighted by molar-refractivity contribution is -0.00835. The first-order valence-electron chi connectivity index (χ1n) is 8.94. The predicted molar refractivity (Wildman–Crippen MR) is 99.1 cm³/mol. The van der Waals surface area contributed by atoms with Crippen LogP contribution in [0.4, 0.5) is 0 Å². The van der Waals surface area contributed by atoms with Crippen molar-refractivity contribution in [3.8, 4) is 0 Å². The number of ether oxygens (including phenoxy) is 1. The number of nitrogens with one attached hydrogen (secondary N) is 2. The second-order valence-corrected chi connectivity index (χ2v) is 8.48. The van der Waals surface area contributed by atoms with Crippen molar-refractivity contribution in [3.05, 3.63) is 0 Å². The molecule has 1 saturated heterocycles. The second-order valence-electron chi connectivity index (χ2n) is 8.48. The molecule has 0 aliphatic carbocycles. The van der Waals surface area contributed by atoms with Gasteiger partial charge < -0.3 is 15.4 Å². The summed E-state index contributed by atoms with van der Waals surface area (Å²) < 4.78 is 5.45. The predicted octanol–water partition coefficient (Wildman–Crippen LogP) is 2.48. The van der Waals surface area contributed by atoms with E-state index in [9.17, 15) is 0 Å². The molecular formula is C18H38N4O. The van der Waals surface area contributed by atoms with Crippen LogP contribution in [0.25, 0.3) is 0 Å². The van der Waals surface area contributed by atoms with Crippen molar-refractivity contribution in [2.75, 3.05) is 39.9 Å². The highest BCUT2D eigenvalue weighted by atomic mass is 16.5. The minimum Gasteiger partial charge on any atom is -0.379 e. The molecule has 1 rings (SSSR count). The van der Waals surface area contributed by atoms with Crippen molar-refractivity contribution in [2.45, 2.75) is 66.0 Å². The fourth-order valence-corrected chi connectivity index (χ4v) is 2.73. The minimum atomic E-state index is 0.0933. The number of nitrogens with zero attached hydrogens (tertiary/aromatic N) is 2. The average Bonchev–Trinajstić information content (AvgIpc) is 2.49. The molecule has 2 N–H and O–H groups in total. The number of hydrogen-bond donors (Lipinski definition) is 2. The highest BCUT2D eigenvalue weighted by Gasteiger charge is 2.28. The van der Waals surface area contributed by atoms with E-state index < -0.39 is 0 Å². The Kier molecular flexibility index (Phi) is 7.81. The van der Waals surface area contributed by atoms with Crippen LogP contribution in [0.15, 0.2) is 4.99 Å². The number of rotatable bonds is 6. The van der Waals surface area contributed by atoms with Crippen LogP contribution in [-0.2, 0) is 4.74 Å². The molecule has 0 bridgehead atoms. The van der Waals surface area contributed by atoms with Gasteiger partial charge in [-0.05, 0) is 39.0 Å². The van der Waals surface area contributed by atoms with Gasteiger partial charge in [0.25, 0.3) is 0 Å². The Hall–Kier alpha value is -0.810. The fraction of sp³-hybridized carbons (Fsp3) is 0.944. The standard InChI is InChI=1S/C18H38N4O/c1-15(8-9-17(2,3)4)21-16(19-7)20-14-18(5,6)22-10-12-23-13-11-22/h15H,8-14H2,1-7H3,(H2,19,20,21). The van der Waals surface area contributed by atoms with E-state index in [2.05, 4.69) is 62.1 Å². The lowest BCUT2D eigenvalue weighted by Gasteiger charge is -2.41. The first kappa shape index (κ1) is 20.2. The SMILES string of the molecule is CN=C(NCC(C)(C)N1CCOCC1)NC(C)CCC(C)(C)C. The van der Waals surface area contributed by atoms with E-state index in [1.54, 1.807) is 0 Å². The number of aliphatic imine (C=N–C) groups is 1. The molecule has 1 atom stereocenters. The van der Waals surface area contributed by atoms with E-state index in [0.717, 1.165) is 45.2 Å². The third-order valence-electron chi connectivity index (χ3n) is 4.49. The Labute approximate surface area is 143 Å². The van der Waals surface area contributed by atoms with Gasteiger partial charge in [-0.15, -0.1) is 0 Å². The maximum Gasteiger partial charge on any atom is 0.191 e. The van der Waals surface area contributed by atoms with Crippen molar-refractivity contribution >= 4 is 5.96 Å². The Bertz CT molecular complexity index is 368. The number of morpholine rings is 1. The van der Waals surface area contributed by atoms with Gasteiger partial charge in [-0.25, -0.2) is 0 Å². The summed E-state index contributed by atoms with van der Waals surface area (Å²) in [5.41, 5.74) is 0.473. The van der Waals surface area contributed by atoms with E-state index in [1.165, 1.54) is 6.42 Å². The molecule has 23 heavy (non-hydrogen) atoms. The molecule has 1 aliphatic rings. The normalized spacial score (nSPS) is 19.5. The average molecular weight is 327 g/mol. The van der Waals surface area contributed by atoms with Crippen LogP contribution in [-0.4, -0.2) is 62.3 Å². The molecule has 1 fully saturated rings. The third kappa shape index (κ3) is 8.02. The van der Waals surface area contributed by atoms with Crippen molar-refractivity contribution in [2.24, 2.45) is 10.4 Å². The van der Waals surface area contributed by atoms with Gasteiger partial charge in [-0.3, -0.25) is 9.89 Å². The number of guanidine groups is 1. The molecule has 1 heterocycles. The van der Waals surface area contributed by atoms with Gasteiger partial charge in [-0.2, -0.15) is 0 Å². The summed E-state index contributed by atoms with van der Waals surface area (Å²) in [6, 6.07) is 0.423. The third-order valence-corrected chi connectivity index (χ3v) is 4.49. The van der Waals surface area contributed by atoms with Crippen molar-refractivity contribution in [3.63, 3.8) is 0 Å². The lowest BCUT2D eigenvalue weighted by Crippen LogP contribution is -2.57. The van der Waals surface area contributed by atoms with Crippen LogP contribution in [0.1, 0.15) is 54.4 Å². The zero-order valence-electron chi connectivity index (χ0n) is 16.3. The van der Waals surface area contributed by atoms with Crippen LogP contribution in [0.5, 0.6) is 0 Å². The van der Waals surface area contributed by atoms with Crippen LogP contribution < -0.4 is 10.6 Å². The molecule has 0 amide bonds. The summed E-state index contributed by atoms with van der Waals surface area (Å²) in [6.07, 6.45) is 2.36. The van der Waals surface area contributed by atoms with E-state index >= 15 is 0 Å². The molecule has 0 radical (unpaired) electrons. The van der Waals surface area contributed by atoms with Crippen LogP contribution in [0.2, 0.25) is 0 Å². The zero-order chi connectivity index (χ0) is 17.5.